The van der Waals surface area contributed by atoms with Gasteiger partial charge in [-0.3, -0.25) is 9.59 Å². The van der Waals surface area contributed by atoms with Gasteiger partial charge in [-0.1, -0.05) is 54.6 Å². The Morgan fingerprint density at radius 3 is 1.65 bits per heavy atom. The van der Waals surface area contributed by atoms with Crippen LogP contribution in [0.1, 0.15) is 54.8 Å². The van der Waals surface area contributed by atoms with Crippen LogP contribution in [0.2, 0.25) is 0 Å². The van der Waals surface area contributed by atoms with Crippen molar-refractivity contribution >= 4 is 29.4 Å². The SMILES string of the molecule is COC(=O)c1ccc(OC(=O)c2cccc(N3C(=O)C4C5c6ccccc6C(c6ccccc65)C4C3=O)c2)cc1. The highest BCUT2D eigenvalue weighted by molar-refractivity contribution is 6.23. The van der Waals surface area contributed by atoms with E-state index in [4.69, 9.17) is 4.74 Å². The standard InChI is InChI=1S/C33H23NO6/c1-39-32(37)18-13-15-21(16-14-18)40-33(38)19-7-6-8-20(17-19)34-30(35)28-26-22-9-2-3-10-23(22)27(29(28)31(34)36)25-12-5-4-11-24(25)26/h2-17,26-29H,1H3. The van der Waals surface area contributed by atoms with Gasteiger partial charge in [-0.25, -0.2) is 14.5 Å². The third-order valence-electron chi connectivity index (χ3n) is 8.27. The second-order valence-electron chi connectivity index (χ2n) is 10.2. The fourth-order valence-electron chi connectivity index (χ4n) is 6.65. The van der Waals surface area contributed by atoms with Gasteiger partial charge in [0, 0.05) is 11.8 Å². The van der Waals surface area contributed by atoms with Crippen LogP contribution < -0.4 is 9.64 Å². The van der Waals surface area contributed by atoms with Gasteiger partial charge in [-0.05, 0) is 64.7 Å². The molecule has 40 heavy (non-hydrogen) atoms. The lowest BCUT2D eigenvalue weighted by Crippen LogP contribution is -2.41. The van der Waals surface area contributed by atoms with Crippen LogP contribution in [-0.2, 0) is 14.3 Å². The maximum atomic E-state index is 14.0. The summed E-state index contributed by atoms with van der Waals surface area (Å²) in [6, 6.07) is 28.5. The number of ether oxygens (including phenoxy) is 2. The highest BCUT2D eigenvalue weighted by Crippen LogP contribution is 2.61. The van der Waals surface area contributed by atoms with Crippen LogP contribution in [0.25, 0.3) is 0 Å². The molecular weight excluding hydrogens is 506 g/mol. The lowest BCUT2D eigenvalue weighted by atomic mass is 9.55. The Kier molecular flexibility index (Phi) is 5.42. The number of amides is 2. The molecule has 2 atom stereocenters. The number of carbonyl (C=O) groups excluding carboxylic acids is 4. The maximum Gasteiger partial charge on any atom is 0.343 e. The Hall–Kier alpha value is -5.04. The molecule has 4 aliphatic rings. The lowest BCUT2D eigenvalue weighted by Gasteiger charge is -2.45. The van der Waals surface area contributed by atoms with Gasteiger partial charge in [-0.2, -0.15) is 0 Å². The van der Waals surface area contributed by atoms with Gasteiger partial charge >= 0.3 is 11.9 Å². The third kappa shape index (κ3) is 3.44. The molecule has 1 fully saturated rings. The van der Waals surface area contributed by atoms with Crippen LogP contribution in [-0.4, -0.2) is 30.9 Å². The van der Waals surface area contributed by atoms with E-state index >= 15 is 0 Å². The number of anilines is 1. The Morgan fingerprint density at radius 1 is 0.625 bits per heavy atom. The molecule has 1 aliphatic heterocycles. The smallest absolute Gasteiger partial charge is 0.343 e. The summed E-state index contributed by atoms with van der Waals surface area (Å²) < 4.78 is 10.2. The minimum Gasteiger partial charge on any atom is -0.465 e. The number of benzene rings is 4. The summed E-state index contributed by atoms with van der Waals surface area (Å²) in [5.41, 5.74) is 5.27. The van der Waals surface area contributed by atoms with Crippen molar-refractivity contribution in [3.8, 4) is 5.75 Å². The predicted molar refractivity (Wildman–Crippen MR) is 145 cm³/mol. The minimum atomic E-state index is -0.649. The molecule has 1 saturated heterocycles. The molecule has 1 heterocycles. The van der Waals surface area contributed by atoms with Crippen molar-refractivity contribution in [3.63, 3.8) is 0 Å². The highest BCUT2D eigenvalue weighted by atomic mass is 16.5. The van der Waals surface area contributed by atoms with Gasteiger partial charge < -0.3 is 9.47 Å². The highest BCUT2D eigenvalue weighted by Gasteiger charge is 2.61. The van der Waals surface area contributed by atoms with Crippen LogP contribution in [0.3, 0.4) is 0 Å². The van der Waals surface area contributed by atoms with Crippen molar-refractivity contribution in [1.82, 2.24) is 0 Å². The van der Waals surface area contributed by atoms with Crippen LogP contribution in [0, 0.1) is 11.8 Å². The van der Waals surface area contributed by atoms with E-state index in [1.807, 2.05) is 24.3 Å². The van der Waals surface area contributed by atoms with Gasteiger partial charge in [-0.15, -0.1) is 0 Å². The van der Waals surface area contributed by atoms with Crippen LogP contribution in [0.15, 0.2) is 97.1 Å². The molecule has 0 spiro atoms. The molecule has 0 N–H and O–H groups in total. The Balaban J connectivity index is 1.20. The van der Waals surface area contributed by atoms with Crippen molar-refractivity contribution in [2.75, 3.05) is 12.0 Å². The first-order valence-corrected chi connectivity index (χ1v) is 13.0. The topological polar surface area (TPSA) is 90.0 Å². The van der Waals surface area contributed by atoms with Crippen molar-refractivity contribution < 1.29 is 28.7 Å². The number of methoxy groups -OCH3 is 1. The molecule has 8 rings (SSSR count). The average Bonchev–Trinajstić information content (AvgIpc) is 3.27. The third-order valence-corrected chi connectivity index (χ3v) is 8.27. The summed E-state index contributed by atoms with van der Waals surface area (Å²) >= 11 is 0. The van der Waals surface area contributed by atoms with E-state index in [1.165, 1.54) is 42.3 Å². The van der Waals surface area contributed by atoms with Gasteiger partial charge in [0.05, 0.1) is 35.8 Å². The van der Waals surface area contributed by atoms with Crippen molar-refractivity contribution in [1.29, 1.82) is 0 Å². The summed E-state index contributed by atoms with van der Waals surface area (Å²) in [6.07, 6.45) is 0. The Labute approximate surface area is 230 Å². The number of imide groups is 1. The number of rotatable bonds is 4. The molecule has 196 valence electrons. The molecule has 0 aromatic heterocycles. The molecular formula is C33H23NO6. The minimum absolute atomic E-state index is 0.194. The first kappa shape index (κ1) is 24.0. The van der Waals surface area contributed by atoms with Crippen LogP contribution in [0.5, 0.6) is 5.75 Å². The monoisotopic (exact) mass is 529 g/mol. The lowest BCUT2D eigenvalue weighted by molar-refractivity contribution is -0.122. The number of esters is 2. The van der Waals surface area contributed by atoms with E-state index in [2.05, 4.69) is 29.0 Å². The van der Waals surface area contributed by atoms with E-state index in [1.54, 1.807) is 18.2 Å². The zero-order valence-electron chi connectivity index (χ0n) is 21.4. The summed E-state index contributed by atoms with van der Waals surface area (Å²) in [5.74, 6) is -2.83. The number of hydrogen-bond acceptors (Lipinski definition) is 6. The van der Waals surface area contributed by atoms with E-state index in [9.17, 15) is 19.2 Å². The number of carbonyl (C=O) groups is 4. The quantitative estimate of drug-likeness (QED) is 0.208. The van der Waals surface area contributed by atoms with E-state index in [-0.39, 0.29) is 35.0 Å². The molecule has 2 amide bonds. The zero-order chi connectivity index (χ0) is 27.5. The first-order chi connectivity index (χ1) is 19.5. The molecule has 7 heteroatoms. The largest absolute Gasteiger partial charge is 0.465 e. The normalized spacial score (nSPS) is 21.9. The Bertz CT molecular complexity index is 1610. The van der Waals surface area contributed by atoms with Crippen molar-refractivity contribution in [3.05, 3.63) is 130 Å². The van der Waals surface area contributed by atoms with Crippen molar-refractivity contribution in [2.24, 2.45) is 11.8 Å². The predicted octanol–water partition coefficient (Wildman–Crippen LogP) is 5.09. The van der Waals surface area contributed by atoms with Gasteiger partial charge in [0.1, 0.15) is 5.75 Å². The Morgan fingerprint density at radius 2 is 1.15 bits per heavy atom. The summed E-state index contributed by atoms with van der Waals surface area (Å²) in [7, 11) is 1.29. The average molecular weight is 530 g/mol. The van der Waals surface area contributed by atoms with Crippen LogP contribution in [0.4, 0.5) is 5.69 Å². The number of hydrogen-bond donors (Lipinski definition) is 0. The fourth-order valence-corrected chi connectivity index (χ4v) is 6.65. The molecule has 4 aromatic rings. The number of nitrogens with zero attached hydrogens (tertiary/aromatic N) is 1. The first-order valence-electron chi connectivity index (χ1n) is 13.0. The summed E-state index contributed by atoms with van der Waals surface area (Å²) in [4.78, 5) is 53.9. The van der Waals surface area contributed by atoms with Gasteiger partial charge in [0.2, 0.25) is 11.8 Å². The molecule has 0 saturated carbocycles. The zero-order valence-corrected chi connectivity index (χ0v) is 21.4. The molecule has 2 bridgehead atoms. The molecule has 3 aliphatic carbocycles. The second kappa shape index (κ2) is 9.02. The van der Waals surface area contributed by atoms with Gasteiger partial charge in [0.25, 0.3) is 0 Å². The van der Waals surface area contributed by atoms with Crippen LogP contribution >= 0.6 is 0 Å². The van der Waals surface area contributed by atoms with E-state index in [0.717, 1.165) is 22.3 Å². The molecule has 2 unspecified atom stereocenters. The summed E-state index contributed by atoms with van der Waals surface area (Å²) in [5, 5.41) is 0. The summed E-state index contributed by atoms with van der Waals surface area (Å²) in [6.45, 7) is 0. The van der Waals surface area contributed by atoms with Gasteiger partial charge in [0.15, 0.2) is 0 Å². The maximum absolute atomic E-state index is 14.0. The fraction of sp³-hybridized carbons (Fsp3) is 0.152. The second-order valence-corrected chi connectivity index (χ2v) is 10.2. The van der Waals surface area contributed by atoms with Crippen molar-refractivity contribution in [2.45, 2.75) is 11.8 Å². The van der Waals surface area contributed by atoms with E-state index < -0.39 is 23.8 Å². The molecule has 0 radical (unpaired) electrons. The molecule has 4 aromatic carbocycles. The van der Waals surface area contributed by atoms with E-state index in [0.29, 0.717) is 11.3 Å². The molecule has 7 nitrogen and oxygen atoms in total.